The molecule has 0 atom stereocenters. The molecule has 0 bridgehead atoms. The predicted molar refractivity (Wildman–Crippen MR) is 75.9 cm³/mol. The van der Waals surface area contributed by atoms with E-state index < -0.39 is 0 Å². The Balaban J connectivity index is 1.80. The first-order chi connectivity index (χ1) is 9.61. The van der Waals surface area contributed by atoms with Gasteiger partial charge in [-0.05, 0) is 31.2 Å². The molecule has 0 N–H and O–H groups in total. The van der Waals surface area contributed by atoms with Crippen molar-refractivity contribution < 1.29 is 4.74 Å². The molecule has 6 nitrogen and oxygen atoms in total. The summed E-state index contributed by atoms with van der Waals surface area (Å²) in [4.78, 5) is 1.61. The van der Waals surface area contributed by atoms with Crippen LogP contribution in [0.25, 0.3) is 0 Å². The fraction of sp³-hybridized carbons (Fsp3) is 0.308. The highest BCUT2D eigenvalue weighted by Crippen LogP contribution is 2.28. The Hall–Kier alpha value is -2.08. The van der Waals surface area contributed by atoms with Crippen LogP contribution in [-0.4, -0.2) is 16.0 Å². The van der Waals surface area contributed by atoms with Gasteiger partial charge in [-0.3, -0.25) is 0 Å². The van der Waals surface area contributed by atoms with Gasteiger partial charge in [0.05, 0.1) is 30.7 Å². The first-order valence-corrected chi connectivity index (χ1v) is 6.69. The summed E-state index contributed by atoms with van der Waals surface area (Å²) in [7, 11) is 0. The molecule has 1 aliphatic heterocycles. The third-order valence-corrected chi connectivity index (χ3v) is 3.00. The smallest absolute Gasteiger partial charge is 0.159 e. The van der Waals surface area contributed by atoms with Gasteiger partial charge in [0.2, 0.25) is 0 Å². The Morgan fingerprint density at radius 3 is 3.00 bits per heavy atom. The quantitative estimate of drug-likeness (QED) is 0.870. The van der Waals surface area contributed by atoms with Gasteiger partial charge in [0, 0.05) is 10.6 Å². The van der Waals surface area contributed by atoms with Crippen LogP contribution in [0.5, 0.6) is 5.75 Å². The molecular weight excluding hydrogens is 278 g/mol. The average Bonchev–Trinajstić information content (AvgIpc) is 2.85. The van der Waals surface area contributed by atoms with Crippen LogP contribution in [0.3, 0.4) is 0 Å². The zero-order chi connectivity index (χ0) is 14.1. The van der Waals surface area contributed by atoms with E-state index in [-0.39, 0.29) is 6.10 Å². The van der Waals surface area contributed by atoms with Gasteiger partial charge in [0.25, 0.3) is 0 Å². The van der Waals surface area contributed by atoms with Crippen molar-refractivity contribution >= 4 is 17.3 Å². The molecule has 0 saturated heterocycles. The van der Waals surface area contributed by atoms with Gasteiger partial charge in [0.15, 0.2) is 5.75 Å². The minimum absolute atomic E-state index is 0.110. The van der Waals surface area contributed by atoms with E-state index in [4.69, 9.17) is 16.3 Å². The Kier molecular flexibility index (Phi) is 3.31. The molecule has 2 aromatic rings. The SMILES string of the molecule is CC(C)Oc1cnn(N2Cc3ccc(Cl)cc3N=N2)c1. The van der Waals surface area contributed by atoms with Crippen LogP contribution >= 0.6 is 11.6 Å². The number of hydrogen-bond donors (Lipinski definition) is 0. The van der Waals surface area contributed by atoms with Gasteiger partial charge in [-0.2, -0.15) is 15.0 Å². The molecular formula is C13H14ClN5O. The zero-order valence-corrected chi connectivity index (χ0v) is 11.9. The fourth-order valence-electron chi connectivity index (χ4n) is 1.92. The summed E-state index contributed by atoms with van der Waals surface area (Å²) in [6.07, 6.45) is 3.55. The van der Waals surface area contributed by atoms with E-state index in [1.54, 1.807) is 28.4 Å². The summed E-state index contributed by atoms with van der Waals surface area (Å²) in [5.41, 5.74) is 1.84. The first-order valence-electron chi connectivity index (χ1n) is 6.31. The third-order valence-electron chi connectivity index (χ3n) is 2.77. The largest absolute Gasteiger partial charge is 0.488 e. The first kappa shape index (κ1) is 12.9. The maximum absolute atomic E-state index is 5.93. The Morgan fingerprint density at radius 2 is 2.20 bits per heavy atom. The lowest BCUT2D eigenvalue weighted by atomic mass is 10.2. The Labute approximate surface area is 121 Å². The van der Waals surface area contributed by atoms with E-state index in [1.807, 2.05) is 26.0 Å². The second-order valence-corrected chi connectivity index (χ2v) is 5.19. The number of nitrogens with zero attached hydrogens (tertiary/aromatic N) is 5. The average molecular weight is 292 g/mol. The monoisotopic (exact) mass is 291 g/mol. The number of halogens is 1. The summed E-state index contributed by atoms with van der Waals surface area (Å²) in [6, 6.07) is 5.59. The molecule has 0 spiro atoms. The lowest BCUT2D eigenvalue weighted by molar-refractivity contribution is 0.242. The molecule has 1 aliphatic rings. The van der Waals surface area contributed by atoms with E-state index in [2.05, 4.69) is 15.4 Å². The van der Waals surface area contributed by atoms with Crippen molar-refractivity contribution in [2.24, 2.45) is 10.3 Å². The van der Waals surface area contributed by atoms with E-state index in [0.29, 0.717) is 17.3 Å². The van der Waals surface area contributed by atoms with Crippen molar-refractivity contribution in [2.45, 2.75) is 26.5 Å². The van der Waals surface area contributed by atoms with Gasteiger partial charge in [-0.15, -0.1) is 5.11 Å². The molecule has 3 rings (SSSR count). The maximum Gasteiger partial charge on any atom is 0.159 e. The minimum atomic E-state index is 0.110. The van der Waals surface area contributed by atoms with Gasteiger partial charge in [-0.25, -0.2) is 0 Å². The van der Waals surface area contributed by atoms with Crippen LogP contribution < -0.4 is 9.85 Å². The summed E-state index contributed by atoms with van der Waals surface area (Å²) in [5, 5.41) is 14.8. The number of hydrogen-bond acceptors (Lipinski definition) is 5. The van der Waals surface area contributed by atoms with Gasteiger partial charge in [0.1, 0.15) is 0 Å². The highest BCUT2D eigenvalue weighted by molar-refractivity contribution is 6.30. The molecule has 0 saturated carbocycles. The van der Waals surface area contributed by atoms with Gasteiger partial charge in [-0.1, -0.05) is 17.7 Å². The van der Waals surface area contributed by atoms with Crippen LogP contribution in [-0.2, 0) is 6.54 Å². The van der Waals surface area contributed by atoms with Gasteiger partial charge < -0.3 is 4.74 Å². The van der Waals surface area contributed by atoms with Crippen LogP contribution in [0.1, 0.15) is 19.4 Å². The molecule has 0 amide bonds. The summed E-state index contributed by atoms with van der Waals surface area (Å²) >= 11 is 5.93. The number of ether oxygens (including phenoxy) is 1. The normalized spacial score (nSPS) is 13.7. The molecule has 1 aromatic heterocycles. The van der Waals surface area contributed by atoms with Crippen molar-refractivity contribution in [1.82, 2.24) is 9.89 Å². The highest BCUT2D eigenvalue weighted by atomic mass is 35.5. The topological polar surface area (TPSA) is 55.0 Å². The third kappa shape index (κ3) is 2.60. The molecule has 0 unspecified atom stereocenters. The van der Waals surface area contributed by atoms with Crippen LogP contribution in [0, 0.1) is 0 Å². The van der Waals surface area contributed by atoms with Crippen molar-refractivity contribution in [3.8, 4) is 5.75 Å². The van der Waals surface area contributed by atoms with Crippen LogP contribution in [0.4, 0.5) is 5.69 Å². The molecule has 0 fully saturated rings. The molecule has 1 aromatic carbocycles. The maximum atomic E-state index is 5.93. The second-order valence-electron chi connectivity index (χ2n) is 4.76. The number of aromatic nitrogens is 2. The van der Waals surface area contributed by atoms with Crippen molar-refractivity contribution in [2.75, 3.05) is 5.12 Å². The Bertz CT molecular complexity index is 652. The van der Waals surface area contributed by atoms with Crippen molar-refractivity contribution in [3.63, 3.8) is 0 Å². The number of fused-ring (bicyclic) bond motifs is 1. The molecule has 0 radical (unpaired) electrons. The zero-order valence-electron chi connectivity index (χ0n) is 11.2. The molecule has 20 heavy (non-hydrogen) atoms. The molecule has 2 heterocycles. The van der Waals surface area contributed by atoms with E-state index in [0.717, 1.165) is 11.3 Å². The molecule has 104 valence electrons. The van der Waals surface area contributed by atoms with E-state index >= 15 is 0 Å². The lowest BCUT2D eigenvalue weighted by Crippen LogP contribution is -2.30. The van der Waals surface area contributed by atoms with Crippen LogP contribution in [0.15, 0.2) is 40.9 Å². The summed E-state index contributed by atoms with van der Waals surface area (Å²) < 4.78 is 5.57. The molecule has 7 heteroatoms. The lowest BCUT2D eigenvalue weighted by Gasteiger charge is -2.21. The van der Waals surface area contributed by atoms with E-state index in [9.17, 15) is 0 Å². The second kappa shape index (κ2) is 5.13. The summed E-state index contributed by atoms with van der Waals surface area (Å²) in [5.74, 6) is 0.706. The Morgan fingerprint density at radius 1 is 1.35 bits per heavy atom. The standard InChI is InChI=1S/C13H14ClN5O/c1-9(2)20-12-6-15-18(8-12)19-7-10-3-4-11(14)5-13(10)16-17-19/h3-6,8-9H,7H2,1-2H3. The van der Waals surface area contributed by atoms with Gasteiger partial charge >= 0.3 is 0 Å². The minimum Gasteiger partial charge on any atom is -0.488 e. The van der Waals surface area contributed by atoms with Crippen LogP contribution in [0.2, 0.25) is 5.02 Å². The molecule has 0 aliphatic carbocycles. The highest BCUT2D eigenvalue weighted by Gasteiger charge is 2.16. The fourth-order valence-corrected chi connectivity index (χ4v) is 2.08. The van der Waals surface area contributed by atoms with Crippen molar-refractivity contribution in [1.29, 1.82) is 0 Å². The number of rotatable bonds is 3. The summed E-state index contributed by atoms with van der Waals surface area (Å²) in [6.45, 7) is 4.52. The van der Waals surface area contributed by atoms with Crippen molar-refractivity contribution in [3.05, 3.63) is 41.2 Å². The van der Waals surface area contributed by atoms with E-state index in [1.165, 1.54) is 0 Å². The predicted octanol–water partition coefficient (Wildman–Crippen LogP) is 3.47. The number of benzene rings is 1.